The summed E-state index contributed by atoms with van der Waals surface area (Å²) in [5, 5.41) is 14.2. The van der Waals surface area contributed by atoms with Gasteiger partial charge >= 0.3 is 6.36 Å². The zero-order valence-electron chi connectivity index (χ0n) is 11.8. The maximum absolute atomic E-state index is 12.3. The summed E-state index contributed by atoms with van der Waals surface area (Å²) in [4.78, 5) is 0. The number of aryl methyl sites for hydroxylation is 1. The van der Waals surface area contributed by atoms with Crippen LogP contribution in [0, 0.1) is 6.92 Å². The van der Waals surface area contributed by atoms with E-state index in [4.69, 9.17) is 0 Å². The number of aromatic nitrogens is 2. The van der Waals surface area contributed by atoms with Gasteiger partial charge in [-0.05, 0) is 39.0 Å². The number of benzene rings is 1. The maximum Gasteiger partial charge on any atom is 0.573 e. The summed E-state index contributed by atoms with van der Waals surface area (Å²) >= 11 is 0. The van der Waals surface area contributed by atoms with Crippen LogP contribution in [0.3, 0.4) is 0 Å². The fourth-order valence-corrected chi connectivity index (χ4v) is 1.94. The summed E-state index contributed by atoms with van der Waals surface area (Å²) in [5.41, 5.74) is 1.43. The van der Waals surface area contributed by atoms with Crippen molar-refractivity contribution in [3.05, 3.63) is 30.1 Å². The molecule has 0 atom stereocenters. The van der Waals surface area contributed by atoms with Crippen molar-refractivity contribution in [1.82, 2.24) is 9.78 Å². The zero-order chi connectivity index (χ0) is 15.8. The molecule has 0 aliphatic heterocycles. The highest BCUT2D eigenvalue weighted by Crippen LogP contribution is 2.36. The van der Waals surface area contributed by atoms with Crippen LogP contribution >= 0.6 is 0 Å². The van der Waals surface area contributed by atoms with Gasteiger partial charge in [-0.15, -0.1) is 13.2 Å². The zero-order valence-corrected chi connectivity index (χ0v) is 11.8. The molecule has 0 unspecified atom stereocenters. The second-order valence-electron chi connectivity index (χ2n) is 4.93. The predicted molar refractivity (Wildman–Crippen MR) is 71.1 cm³/mol. The molecular formula is C14H15F3N2O2. The highest BCUT2D eigenvalue weighted by Gasteiger charge is 2.31. The average Bonchev–Trinajstić information content (AvgIpc) is 2.72. The number of rotatable bonds is 3. The standard InChI is InChI=1S/C14H15F3N2O2/c1-8(2)19-7-12(9(3)18-19)11-6-10(4-5-13(11)20)21-14(15,16)17/h4-8,20H,1-3H3. The fourth-order valence-electron chi connectivity index (χ4n) is 1.94. The van der Waals surface area contributed by atoms with Crippen LogP contribution in [0.2, 0.25) is 0 Å². The van der Waals surface area contributed by atoms with Crippen molar-refractivity contribution in [2.75, 3.05) is 0 Å². The number of hydrogen-bond acceptors (Lipinski definition) is 3. The van der Waals surface area contributed by atoms with Gasteiger partial charge in [0.15, 0.2) is 0 Å². The van der Waals surface area contributed by atoms with E-state index in [2.05, 4.69) is 9.84 Å². The Morgan fingerprint density at radius 2 is 1.90 bits per heavy atom. The minimum Gasteiger partial charge on any atom is -0.507 e. The molecule has 7 heteroatoms. The minimum absolute atomic E-state index is 0.106. The van der Waals surface area contributed by atoms with E-state index in [0.717, 1.165) is 12.1 Å². The third-order valence-electron chi connectivity index (χ3n) is 2.94. The van der Waals surface area contributed by atoms with Gasteiger partial charge in [0, 0.05) is 23.4 Å². The summed E-state index contributed by atoms with van der Waals surface area (Å²) in [7, 11) is 0. The van der Waals surface area contributed by atoms with Crippen LogP contribution in [0.5, 0.6) is 11.5 Å². The largest absolute Gasteiger partial charge is 0.573 e. The van der Waals surface area contributed by atoms with E-state index in [1.54, 1.807) is 17.8 Å². The van der Waals surface area contributed by atoms with E-state index >= 15 is 0 Å². The van der Waals surface area contributed by atoms with E-state index in [0.29, 0.717) is 11.3 Å². The summed E-state index contributed by atoms with van der Waals surface area (Å²) in [6, 6.07) is 3.49. The molecule has 0 spiro atoms. The molecule has 0 saturated heterocycles. The molecule has 1 heterocycles. The van der Waals surface area contributed by atoms with Gasteiger partial charge in [-0.3, -0.25) is 4.68 Å². The van der Waals surface area contributed by atoms with Crippen molar-refractivity contribution >= 4 is 0 Å². The van der Waals surface area contributed by atoms with Gasteiger partial charge in [0.25, 0.3) is 0 Å². The van der Waals surface area contributed by atoms with Gasteiger partial charge in [0.1, 0.15) is 11.5 Å². The van der Waals surface area contributed by atoms with E-state index in [-0.39, 0.29) is 23.1 Å². The first-order chi connectivity index (χ1) is 9.67. The fraction of sp³-hybridized carbons (Fsp3) is 0.357. The highest BCUT2D eigenvalue weighted by atomic mass is 19.4. The molecule has 0 bridgehead atoms. The second-order valence-corrected chi connectivity index (χ2v) is 4.93. The Kier molecular flexibility index (Phi) is 3.85. The third kappa shape index (κ3) is 3.48. The number of aromatic hydroxyl groups is 1. The molecule has 0 saturated carbocycles. The summed E-state index contributed by atoms with van der Waals surface area (Å²) < 4.78 is 42.3. The lowest BCUT2D eigenvalue weighted by atomic mass is 10.1. The van der Waals surface area contributed by atoms with Crippen molar-refractivity contribution in [2.45, 2.75) is 33.2 Å². The summed E-state index contributed by atoms with van der Waals surface area (Å²) in [5.74, 6) is -0.511. The van der Waals surface area contributed by atoms with Crippen LogP contribution in [0.25, 0.3) is 11.1 Å². The molecular weight excluding hydrogens is 285 g/mol. The van der Waals surface area contributed by atoms with Crippen molar-refractivity contribution in [3.8, 4) is 22.6 Å². The monoisotopic (exact) mass is 300 g/mol. The first-order valence-corrected chi connectivity index (χ1v) is 6.32. The van der Waals surface area contributed by atoms with Crippen molar-refractivity contribution in [3.63, 3.8) is 0 Å². The number of nitrogens with zero attached hydrogens (tertiary/aromatic N) is 2. The Morgan fingerprint density at radius 3 is 2.43 bits per heavy atom. The van der Waals surface area contributed by atoms with Crippen molar-refractivity contribution in [2.24, 2.45) is 0 Å². The van der Waals surface area contributed by atoms with Gasteiger partial charge in [-0.2, -0.15) is 5.10 Å². The third-order valence-corrected chi connectivity index (χ3v) is 2.94. The topological polar surface area (TPSA) is 47.3 Å². The summed E-state index contributed by atoms with van der Waals surface area (Å²) in [6.07, 6.45) is -3.09. The summed E-state index contributed by atoms with van der Waals surface area (Å²) in [6.45, 7) is 5.59. The smallest absolute Gasteiger partial charge is 0.507 e. The molecule has 2 aromatic rings. The Morgan fingerprint density at radius 1 is 1.24 bits per heavy atom. The number of halogens is 3. The van der Waals surface area contributed by atoms with E-state index in [9.17, 15) is 18.3 Å². The van der Waals surface area contributed by atoms with E-state index in [1.807, 2.05) is 13.8 Å². The molecule has 114 valence electrons. The first-order valence-electron chi connectivity index (χ1n) is 6.32. The Labute approximate surface area is 119 Å². The Hall–Kier alpha value is -2.18. The van der Waals surface area contributed by atoms with Crippen molar-refractivity contribution in [1.29, 1.82) is 0 Å². The number of phenols is 1. The van der Waals surface area contributed by atoms with Gasteiger partial charge in [-0.25, -0.2) is 0 Å². The van der Waals surface area contributed by atoms with Crippen molar-refractivity contribution < 1.29 is 23.0 Å². The molecule has 2 rings (SSSR count). The predicted octanol–water partition coefficient (Wildman–Crippen LogP) is 4.04. The van der Waals surface area contributed by atoms with Crippen LogP contribution in [0.4, 0.5) is 13.2 Å². The maximum atomic E-state index is 12.3. The normalized spacial score (nSPS) is 12.0. The van der Waals surface area contributed by atoms with Crippen LogP contribution in [-0.4, -0.2) is 21.2 Å². The number of hydrogen-bond donors (Lipinski definition) is 1. The number of ether oxygens (including phenoxy) is 1. The molecule has 0 aliphatic rings. The van der Waals surface area contributed by atoms with Gasteiger partial charge < -0.3 is 9.84 Å². The van der Waals surface area contributed by atoms with Crippen LogP contribution < -0.4 is 4.74 Å². The quantitative estimate of drug-likeness (QED) is 0.930. The van der Waals surface area contributed by atoms with Gasteiger partial charge in [0.05, 0.1) is 5.69 Å². The second kappa shape index (κ2) is 5.31. The van der Waals surface area contributed by atoms with E-state index < -0.39 is 6.36 Å². The number of phenolic OH excluding ortho intramolecular Hbond substituents is 1. The van der Waals surface area contributed by atoms with Crippen LogP contribution in [0.1, 0.15) is 25.6 Å². The SMILES string of the molecule is Cc1nn(C(C)C)cc1-c1cc(OC(F)(F)F)ccc1O. The Bertz CT molecular complexity index is 648. The molecule has 0 radical (unpaired) electrons. The van der Waals surface area contributed by atoms with E-state index in [1.165, 1.54) is 6.07 Å². The molecule has 0 aliphatic carbocycles. The molecule has 1 aromatic carbocycles. The Balaban J connectivity index is 2.46. The average molecular weight is 300 g/mol. The number of alkyl halides is 3. The van der Waals surface area contributed by atoms with Crippen LogP contribution in [-0.2, 0) is 0 Å². The molecule has 1 N–H and O–H groups in total. The highest BCUT2D eigenvalue weighted by molar-refractivity contribution is 5.72. The molecule has 0 fully saturated rings. The van der Waals surface area contributed by atoms with Crippen LogP contribution in [0.15, 0.2) is 24.4 Å². The first kappa shape index (κ1) is 15.2. The lowest BCUT2D eigenvalue weighted by Gasteiger charge is -2.11. The van der Waals surface area contributed by atoms with Gasteiger partial charge in [0.2, 0.25) is 0 Å². The molecule has 4 nitrogen and oxygen atoms in total. The lowest BCUT2D eigenvalue weighted by molar-refractivity contribution is -0.274. The molecule has 1 aromatic heterocycles. The lowest BCUT2D eigenvalue weighted by Crippen LogP contribution is -2.17. The molecule has 0 amide bonds. The minimum atomic E-state index is -4.77. The van der Waals surface area contributed by atoms with Gasteiger partial charge in [-0.1, -0.05) is 0 Å². The molecule has 21 heavy (non-hydrogen) atoms.